The number of benzene rings is 1. The Kier molecular flexibility index (Phi) is 2.62. The lowest BCUT2D eigenvalue weighted by Gasteiger charge is -2.34. The smallest absolute Gasteiger partial charge is 0.125 e. The molecule has 0 aliphatic heterocycles. The number of aliphatic hydroxyl groups is 1. The lowest BCUT2D eigenvalue weighted by molar-refractivity contribution is -0.0203. The molecule has 1 aromatic carbocycles. The van der Waals surface area contributed by atoms with Crippen LogP contribution in [0.15, 0.2) is 24.3 Å². The van der Waals surface area contributed by atoms with Crippen LogP contribution in [0, 0.1) is 11.8 Å². The molecule has 2 aliphatic rings. The number of para-hydroxylation sites is 1. The second-order valence-electron chi connectivity index (χ2n) is 5.43. The van der Waals surface area contributed by atoms with Gasteiger partial charge >= 0.3 is 0 Å². The average molecular weight is 232 g/mol. The first-order valence-electron chi connectivity index (χ1n) is 6.68. The summed E-state index contributed by atoms with van der Waals surface area (Å²) in [4.78, 5) is 0. The number of hydrogen-bond acceptors (Lipinski definition) is 2. The van der Waals surface area contributed by atoms with E-state index in [1.165, 1.54) is 19.3 Å². The quantitative estimate of drug-likeness (QED) is 0.867. The van der Waals surface area contributed by atoms with Crippen molar-refractivity contribution in [2.45, 2.75) is 38.2 Å². The standard InChI is InChI=1S/C15H20O2/c1-2-17-14-6-4-3-5-13(14)15(16)10-11-7-8-12(15)9-11/h3-6,11-12,16H,2,7-10H2,1H3. The maximum absolute atomic E-state index is 11.0. The normalized spacial score (nSPS) is 35.2. The summed E-state index contributed by atoms with van der Waals surface area (Å²) < 4.78 is 5.66. The molecule has 0 heterocycles. The van der Waals surface area contributed by atoms with Crippen molar-refractivity contribution in [1.82, 2.24) is 0 Å². The second-order valence-corrected chi connectivity index (χ2v) is 5.43. The zero-order valence-electron chi connectivity index (χ0n) is 10.4. The van der Waals surface area contributed by atoms with Crippen LogP contribution in [-0.2, 0) is 5.60 Å². The monoisotopic (exact) mass is 232 g/mol. The predicted molar refractivity (Wildman–Crippen MR) is 67.0 cm³/mol. The molecule has 0 radical (unpaired) electrons. The van der Waals surface area contributed by atoms with Crippen molar-refractivity contribution in [3.05, 3.63) is 29.8 Å². The van der Waals surface area contributed by atoms with Gasteiger partial charge < -0.3 is 9.84 Å². The number of rotatable bonds is 3. The fraction of sp³-hybridized carbons (Fsp3) is 0.600. The van der Waals surface area contributed by atoms with Crippen molar-refractivity contribution in [2.24, 2.45) is 11.8 Å². The molecule has 2 fully saturated rings. The molecule has 0 amide bonds. The van der Waals surface area contributed by atoms with Gasteiger partial charge in [-0.25, -0.2) is 0 Å². The van der Waals surface area contributed by atoms with Crippen LogP contribution >= 0.6 is 0 Å². The van der Waals surface area contributed by atoms with Gasteiger partial charge in [0.1, 0.15) is 5.75 Å². The van der Waals surface area contributed by atoms with E-state index in [4.69, 9.17) is 4.74 Å². The minimum atomic E-state index is -0.630. The highest BCUT2D eigenvalue weighted by molar-refractivity contribution is 5.39. The van der Waals surface area contributed by atoms with E-state index in [0.29, 0.717) is 12.5 Å². The van der Waals surface area contributed by atoms with Crippen LogP contribution in [0.25, 0.3) is 0 Å². The van der Waals surface area contributed by atoms with E-state index in [0.717, 1.165) is 23.7 Å². The Morgan fingerprint density at radius 1 is 1.35 bits per heavy atom. The second kappa shape index (κ2) is 4.02. The Hall–Kier alpha value is -1.02. The third-order valence-electron chi connectivity index (χ3n) is 4.47. The number of ether oxygens (including phenoxy) is 1. The molecule has 2 heteroatoms. The van der Waals surface area contributed by atoms with E-state index in [9.17, 15) is 5.11 Å². The Morgan fingerprint density at radius 3 is 2.82 bits per heavy atom. The van der Waals surface area contributed by atoms with Crippen LogP contribution in [0.2, 0.25) is 0 Å². The van der Waals surface area contributed by atoms with Crippen LogP contribution in [0.4, 0.5) is 0 Å². The van der Waals surface area contributed by atoms with E-state index in [2.05, 4.69) is 0 Å². The molecule has 0 saturated heterocycles. The van der Waals surface area contributed by atoms with Gasteiger partial charge in [0, 0.05) is 5.56 Å². The van der Waals surface area contributed by atoms with Gasteiger partial charge in [0.15, 0.2) is 0 Å². The van der Waals surface area contributed by atoms with E-state index in [1.54, 1.807) is 0 Å². The molecule has 3 rings (SSSR count). The summed E-state index contributed by atoms with van der Waals surface area (Å²) in [6.07, 6.45) is 4.57. The summed E-state index contributed by atoms with van der Waals surface area (Å²) in [5, 5.41) is 11.0. The van der Waals surface area contributed by atoms with Crippen LogP contribution in [0.1, 0.15) is 38.2 Å². The van der Waals surface area contributed by atoms with Crippen molar-refractivity contribution >= 4 is 0 Å². The van der Waals surface area contributed by atoms with E-state index < -0.39 is 5.60 Å². The van der Waals surface area contributed by atoms with Crippen molar-refractivity contribution in [1.29, 1.82) is 0 Å². The lowest BCUT2D eigenvalue weighted by Crippen LogP contribution is -2.32. The van der Waals surface area contributed by atoms with Gasteiger partial charge in [-0.3, -0.25) is 0 Å². The summed E-state index contributed by atoms with van der Waals surface area (Å²) in [6, 6.07) is 7.99. The van der Waals surface area contributed by atoms with Crippen LogP contribution < -0.4 is 4.74 Å². The van der Waals surface area contributed by atoms with Gasteiger partial charge in [-0.15, -0.1) is 0 Å². The van der Waals surface area contributed by atoms with Crippen LogP contribution in [-0.4, -0.2) is 11.7 Å². The molecule has 17 heavy (non-hydrogen) atoms. The highest BCUT2D eigenvalue weighted by Gasteiger charge is 2.51. The zero-order chi connectivity index (χ0) is 11.9. The van der Waals surface area contributed by atoms with Crippen LogP contribution in [0.3, 0.4) is 0 Å². The molecule has 1 N–H and O–H groups in total. The molecule has 0 spiro atoms. The minimum Gasteiger partial charge on any atom is -0.493 e. The molecular formula is C15H20O2. The lowest BCUT2D eigenvalue weighted by atomic mass is 9.78. The fourth-order valence-electron chi connectivity index (χ4n) is 3.74. The van der Waals surface area contributed by atoms with Gasteiger partial charge in [0.05, 0.1) is 12.2 Å². The summed E-state index contributed by atoms with van der Waals surface area (Å²) >= 11 is 0. The minimum absolute atomic E-state index is 0.439. The maximum Gasteiger partial charge on any atom is 0.125 e. The van der Waals surface area contributed by atoms with Crippen molar-refractivity contribution in [3.8, 4) is 5.75 Å². The van der Waals surface area contributed by atoms with Crippen molar-refractivity contribution < 1.29 is 9.84 Å². The summed E-state index contributed by atoms with van der Waals surface area (Å²) in [7, 11) is 0. The van der Waals surface area contributed by atoms with Gasteiger partial charge in [-0.05, 0) is 50.5 Å². The van der Waals surface area contributed by atoms with Gasteiger partial charge in [-0.2, -0.15) is 0 Å². The number of fused-ring (bicyclic) bond motifs is 2. The summed E-state index contributed by atoms with van der Waals surface area (Å²) in [5.41, 5.74) is 0.378. The first kappa shape index (κ1) is 11.1. The van der Waals surface area contributed by atoms with E-state index >= 15 is 0 Å². The third kappa shape index (κ3) is 1.66. The topological polar surface area (TPSA) is 29.5 Å². The molecule has 92 valence electrons. The maximum atomic E-state index is 11.0. The molecule has 1 aromatic rings. The Bertz CT molecular complexity index is 415. The predicted octanol–water partition coefficient (Wildman–Crippen LogP) is 3.09. The molecule has 2 aliphatic carbocycles. The largest absolute Gasteiger partial charge is 0.493 e. The number of hydrogen-bond donors (Lipinski definition) is 1. The first-order valence-corrected chi connectivity index (χ1v) is 6.68. The first-order chi connectivity index (χ1) is 8.24. The SMILES string of the molecule is CCOc1ccccc1C1(O)CC2CCC1C2. The van der Waals surface area contributed by atoms with E-state index in [1.807, 2.05) is 31.2 Å². The average Bonchev–Trinajstić information content (AvgIpc) is 2.90. The zero-order valence-corrected chi connectivity index (χ0v) is 10.4. The third-order valence-corrected chi connectivity index (χ3v) is 4.47. The van der Waals surface area contributed by atoms with Gasteiger partial charge in [0.25, 0.3) is 0 Å². The molecule has 3 unspecified atom stereocenters. The molecule has 2 bridgehead atoms. The Balaban J connectivity index is 1.98. The summed E-state index contributed by atoms with van der Waals surface area (Å²) in [5.74, 6) is 2.03. The molecule has 2 saturated carbocycles. The molecule has 0 aromatic heterocycles. The summed E-state index contributed by atoms with van der Waals surface area (Å²) in [6.45, 7) is 2.64. The highest BCUT2D eigenvalue weighted by atomic mass is 16.5. The van der Waals surface area contributed by atoms with Gasteiger partial charge in [-0.1, -0.05) is 18.2 Å². The van der Waals surface area contributed by atoms with Crippen molar-refractivity contribution in [3.63, 3.8) is 0 Å². The molecule has 2 nitrogen and oxygen atoms in total. The molecular weight excluding hydrogens is 212 g/mol. The highest BCUT2D eigenvalue weighted by Crippen LogP contribution is 2.56. The van der Waals surface area contributed by atoms with Gasteiger partial charge in [0.2, 0.25) is 0 Å². The van der Waals surface area contributed by atoms with Crippen LogP contribution in [0.5, 0.6) is 5.75 Å². The molecule has 3 atom stereocenters. The van der Waals surface area contributed by atoms with Crippen molar-refractivity contribution in [2.75, 3.05) is 6.61 Å². The Labute approximate surface area is 103 Å². The Morgan fingerprint density at radius 2 is 2.18 bits per heavy atom. The fourth-order valence-corrected chi connectivity index (χ4v) is 3.74. The van der Waals surface area contributed by atoms with E-state index in [-0.39, 0.29) is 0 Å².